The summed E-state index contributed by atoms with van der Waals surface area (Å²) in [6.07, 6.45) is 0.740. The van der Waals surface area contributed by atoms with Gasteiger partial charge in [0.2, 0.25) is 5.76 Å². The van der Waals surface area contributed by atoms with Crippen molar-refractivity contribution in [3.05, 3.63) is 68.6 Å². The van der Waals surface area contributed by atoms with Gasteiger partial charge in [-0.15, -0.1) is 0 Å². The Bertz CT molecular complexity index is 1260. The standard InChI is InChI=1S/C25H28N2O5/c1-14-11-17-19(12-15(14)2)32-24-21(23(17)29)22(16-7-8-18(28)20(13-16)31-5)27(25(24)30)10-6-9-26(3)4/h7-8,11-13,22,28H,6,9-10H2,1-5H3/t22-/m0/s1. The van der Waals surface area contributed by atoms with Crippen LogP contribution in [0.4, 0.5) is 0 Å². The van der Waals surface area contributed by atoms with Gasteiger partial charge in [-0.1, -0.05) is 6.07 Å². The van der Waals surface area contributed by atoms with Gasteiger partial charge >= 0.3 is 0 Å². The number of rotatable bonds is 6. The molecule has 0 bridgehead atoms. The summed E-state index contributed by atoms with van der Waals surface area (Å²) in [5, 5.41) is 10.5. The van der Waals surface area contributed by atoms with Crippen LogP contribution in [0.2, 0.25) is 0 Å². The lowest BCUT2D eigenvalue weighted by Gasteiger charge is -2.26. The highest BCUT2D eigenvalue weighted by Gasteiger charge is 2.42. The van der Waals surface area contributed by atoms with E-state index in [9.17, 15) is 14.7 Å². The van der Waals surface area contributed by atoms with Gasteiger partial charge in [0.15, 0.2) is 16.9 Å². The molecular formula is C25H28N2O5. The average molecular weight is 437 g/mol. The first-order valence-corrected chi connectivity index (χ1v) is 10.6. The summed E-state index contributed by atoms with van der Waals surface area (Å²) in [7, 11) is 5.42. The molecule has 1 atom stereocenters. The predicted octanol–water partition coefficient (Wildman–Crippen LogP) is 3.62. The minimum atomic E-state index is -0.614. The lowest BCUT2D eigenvalue weighted by atomic mass is 9.97. The van der Waals surface area contributed by atoms with Crippen molar-refractivity contribution in [1.82, 2.24) is 9.80 Å². The quantitative estimate of drug-likeness (QED) is 0.636. The molecule has 1 amide bonds. The fourth-order valence-corrected chi connectivity index (χ4v) is 4.27. The first-order chi connectivity index (χ1) is 15.2. The van der Waals surface area contributed by atoms with Gasteiger partial charge in [0, 0.05) is 6.54 Å². The van der Waals surface area contributed by atoms with Crippen LogP contribution in [0.15, 0.2) is 39.5 Å². The molecule has 3 aromatic rings. The Morgan fingerprint density at radius 1 is 1.12 bits per heavy atom. The van der Waals surface area contributed by atoms with E-state index in [1.807, 2.05) is 40.1 Å². The summed E-state index contributed by atoms with van der Waals surface area (Å²) >= 11 is 0. The second-order valence-corrected chi connectivity index (χ2v) is 8.60. The third-order valence-electron chi connectivity index (χ3n) is 6.11. The van der Waals surface area contributed by atoms with E-state index in [1.165, 1.54) is 13.2 Å². The highest BCUT2D eigenvalue weighted by Crippen LogP contribution is 2.40. The minimum absolute atomic E-state index is 0.00315. The van der Waals surface area contributed by atoms with Gasteiger partial charge in [0.05, 0.1) is 24.1 Å². The topological polar surface area (TPSA) is 83.2 Å². The zero-order valence-corrected chi connectivity index (χ0v) is 19.1. The van der Waals surface area contributed by atoms with E-state index >= 15 is 0 Å². The molecule has 0 spiro atoms. The highest BCUT2D eigenvalue weighted by atomic mass is 16.5. The van der Waals surface area contributed by atoms with E-state index in [1.54, 1.807) is 17.0 Å². The van der Waals surface area contributed by atoms with Gasteiger partial charge in [0.1, 0.15) is 5.58 Å². The number of methoxy groups -OCH3 is 1. The molecule has 7 nitrogen and oxygen atoms in total. The molecule has 2 aromatic carbocycles. The Balaban J connectivity index is 1.92. The fraction of sp³-hybridized carbons (Fsp3) is 0.360. The maximum Gasteiger partial charge on any atom is 0.290 e. The van der Waals surface area contributed by atoms with E-state index in [2.05, 4.69) is 4.90 Å². The zero-order chi connectivity index (χ0) is 23.2. The van der Waals surface area contributed by atoms with Gasteiger partial charge in [-0.05, 0) is 81.9 Å². The smallest absolute Gasteiger partial charge is 0.290 e. The van der Waals surface area contributed by atoms with Crippen LogP contribution in [-0.2, 0) is 0 Å². The number of carbonyl (C=O) groups is 1. The maximum atomic E-state index is 13.6. The Morgan fingerprint density at radius 3 is 2.53 bits per heavy atom. The van der Waals surface area contributed by atoms with Crippen LogP contribution in [0.3, 0.4) is 0 Å². The van der Waals surface area contributed by atoms with E-state index in [0.29, 0.717) is 28.6 Å². The molecule has 0 unspecified atom stereocenters. The third-order valence-corrected chi connectivity index (χ3v) is 6.11. The lowest BCUT2D eigenvalue weighted by molar-refractivity contribution is 0.0722. The van der Waals surface area contributed by atoms with Crippen molar-refractivity contribution in [2.75, 3.05) is 34.3 Å². The first kappa shape index (κ1) is 21.9. The number of amides is 1. The van der Waals surface area contributed by atoms with Crippen LogP contribution in [0.25, 0.3) is 11.0 Å². The number of phenols is 1. The average Bonchev–Trinajstić information content (AvgIpc) is 3.02. The molecule has 1 N–H and O–H groups in total. The SMILES string of the molecule is COc1cc([C@H]2c3c(oc4cc(C)c(C)cc4c3=O)C(=O)N2CCCN(C)C)ccc1O. The number of fused-ring (bicyclic) bond motifs is 2. The second-order valence-electron chi connectivity index (χ2n) is 8.60. The molecule has 1 aliphatic rings. The summed E-state index contributed by atoms with van der Waals surface area (Å²) in [5.74, 6) is 0.0746. The number of aromatic hydroxyl groups is 1. The van der Waals surface area contributed by atoms with Crippen molar-refractivity contribution in [2.24, 2.45) is 0 Å². The number of phenolic OH excluding ortho intramolecular Hbond substituents is 1. The number of carbonyl (C=O) groups excluding carboxylic acids is 1. The molecule has 0 fully saturated rings. The van der Waals surface area contributed by atoms with Crippen molar-refractivity contribution in [3.8, 4) is 11.5 Å². The molecule has 32 heavy (non-hydrogen) atoms. The molecule has 1 aliphatic heterocycles. The molecule has 4 rings (SSSR count). The van der Waals surface area contributed by atoms with Crippen LogP contribution in [0.5, 0.6) is 11.5 Å². The molecule has 0 aliphatic carbocycles. The zero-order valence-electron chi connectivity index (χ0n) is 19.1. The number of hydrogen-bond donors (Lipinski definition) is 1. The van der Waals surface area contributed by atoms with Crippen LogP contribution in [0, 0.1) is 13.8 Å². The fourth-order valence-electron chi connectivity index (χ4n) is 4.27. The van der Waals surface area contributed by atoms with Crippen molar-refractivity contribution in [2.45, 2.75) is 26.3 Å². The van der Waals surface area contributed by atoms with E-state index in [0.717, 1.165) is 24.1 Å². The molecule has 0 saturated heterocycles. The molecule has 0 radical (unpaired) electrons. The van der Waals surface area contributed by atoms with Gasteiger partial charge in [0.25, 0.3) is 5.91 Å². The second kappa shape index (κ2) is 8.31. The predicted molar refractivity (Wildman–Crippen MR) is 123 cm³/mol. The molecule has 7 heteroatoms. The number of hydrogen-bond acceptors (Lipinski definition) is 6. The normalized spacial score (nSPS) is 15.6. The van der Waals surface area contributed by atoms with Crippen LogP contribution in [-0.4, -0.2) is 55.1 Å². The van der Waals surface area contributed by atoms with E-state index in [-0.39, 0.29) is 28.6 Å². The molecule has 168 valence electrons. The number of nitrogens with zero attached hydrogens (tertiary/aromatic N) is 2. The molecule has 0 saturated carbocycles. The highest BCUT2D eigenvalue weighted by molar-refractivity contribution is 5.99. The van der Waals surface area contributed by atoms with E-state index < -0.39 is 6.04 Å². The first-order valence-electron chi connectivity index (χ1n) is 10.6. The molecule has 2 heterocycles. The molecule has 1 aromatic heterocycles. The van der Waals surface area contributed by atoms with Gasteiger partial charge < -0.3 is 24.1 Å². The van der Waals surface area contributed by atoms with Gasteiger partial charge in [-0.3, -0.25) is 9.59 Å². The molecular weight excluding hydrogens is 408 g/mol. The Morgan fingerprint density at radius 2 is 1.84 bits per heavy atom. The summed E-state index contributed by atoms with van der Waals surface area (Å²) < 4.78 is 11.3. The number of benzene rings is 2. The van der Waals surface area contributed by atoms with E-state index in [4.69, 9.17) is 9.15 Å². The van der Waals surface area contributed by atoms with Gasteiger partial charge in [-0.2, -0.15) is 0 Å². The lowest BCUT2D eigenvalue weighted by Crippen LogP contribution is -2.32. The third kappa shape index (κ3) is 3.62. The summed E-state index contributed by atoms with van der Waals surface area (Å²) in [6.45, 7) is 5.15. The Hall–Kier alpha value is -3.32. The summed E-state index contributed by atoms with van der Waals surface area (Å²) in [4.78, 5) is 30.8. The Labute approximate surface area is 186 Å². The summed E-state index contributed by atoms with van der Waals surface area (Å²) in [6, 6.07) is 7.93. The van der Waals surface area contributed by atoms with Gasteiger partial charge in [-0.25, -0.2) is 0 Å². The van der Waals surface area contributed by atoms with Crippen molar-refractivity contribution < 1.29 is 19.1 Å². The van der Waals surface area contributed by atoms with Crippen molar-refractivity contribution >= 4 is 16.9 Å². The largest absolute Gasteiger partial charge is 0.504 e. The van der Waals surface area contributed by atoms with Crippen LogP contribution < -0.4 is 10.2 Å². The maximum absolute atomic E-state index is 13.6. The minimum Gasteiger partial charge on any atom is -0.504 e. The Kier molecular flexibility index (Phi) is 5.69. The number of aryl methyl sites for hydroxylation is 2. The summed E-state index contributed by atoms with van der Waals surface area (Å²) in [5.41, 5.74) is 3.22. The van der Waals surface area contributed by atoms with Crippen molar-refractivity contribution in [1.29, 1.82) is 0 Å². The van der Waals surface area contributed by atoms with Crippen molar-refractivity contribution in [3.63, 3.8) is 0 Å². The van der Waals surface area contributed by atoms with Crippen LogP contribution in [0.1, 0.15) is 45.3 Å². The number of ether oxygens (including phenoxy) is 1. The van der Waals surface area contributed by atoms with Crippen LogP contribution >= 0.6 is 0 Å². The monoisotopic (exact) mass is 436 g/mol.